The van der Waals surface area contributed by atoms with E-state index in [0.29, 0.717) is 17.1 Å². The highest BCUT2D eigenvalue weighted by molar-refractivity contribution is 6.02. The fourth-order valence-electron chi connectivity index (χ4n) is 2.36. The van der Waals surface area contributed by atoms with E-state index in [4.69, 9.17) is 5.26 Å². The second-order valence-electron chi connectivity index (χ2n) is 6.00. The zero-order valence-electron chi connectivity index (χ0n) is 15.0. The topological polar surface area (TPSA) is 93.9 Å². The number of benzene rings is 2. The molecular weight excluding hydrogens is 340 g/mol. The summed E-state index contributed by atoms with van der Waals surface area (Å²) in [6.45, 7) is 0. The number of nitriles is 1. The summed E-state index contributed by atoms with van der Waals surface area (Å²) in [5.41, 5.74) is 3.21. The third-order valence-electron chi connectivity index (χ3n) is 3.79. The molecule has 0 fully saturated rings. The number of anilines is 4. The largest absolute Gasteiger partial charge is 0.378 e. The molecule has 0 saturated heterocycles. The number of amides is 1. The molecule has 0 radical (unpaired) electrons. The molecule has 0 bridgehead atoms. The van der Waals surface area contributed by atoms with Crippen LogP contribution in [0.25, 0.3) is 0 Å². The molecule has 3 rings (SSSR count). The Kier molecular flexibility index (Phi) is 5.28. The lowest BCUT2D eigenvalue weighted by Gasteiger charge is -2.13. The van der Waals surface area contributed by atoms with Crippen LogP contribution in [0.15, 0.2) is 60.9 Å². The number of rotatable bonds is 5. The van der Waals surface area contributed by atoms with Gasteiger partial charge in [0.15, 0.2) is 0 Å². The van der Waals surface area contributed by atoms with Gasteiger partial charge in [0.25, 0.3) is 5.91 Å². The lowest BCUT2D eigenvalue weighted by Crippen LogP contribution is -2.14. The van der Waals surface area contributed by atoms with Gasteiger partial charge >= 0.3 is 0 Å². The predicted octanol–water partition coefficient (Wildman–Crippen LogP) is 3.41. The standard InChI is InChI=1S/C20H18N6O/c1-26(2)17-8-6-15(7-9-17)25-20(27)18-12-23-19(13-22-18)24-16-5-3-4-14(10-16)11-21/h3-10,12-13H,1-2H3,(H,23,24)(H,25,27). The van der Waals surface area contributed by atoms with E-state index in [0.717, 1.165) is 11.4 Å². The molecule has 0 atom stereocenters. The van der Waals surface area contributed by atoms with Crippen LogP contribution in [0.1, 0.15) is 16.1 Å². The molecule has 0 spiro atoms. The van der Waals surface area contributed by atoms with Gasteiger partial charge in [-0.25, -0.2) is 9.97 Å². The molecule has 0 saturated carbocycles. The van der Waals surface area contributed by atoms with Crippen LogP contribution in [0, 0.1) is 11.3 Å². The summed E-state index contributed by atoms with van der Waals surface area (Å²) in [5, 5.41) is 14.8. The quantitative estimate of drug-likeness (QED) is 0.726. The summed E-state index contributed by atoms with van der Waals surface area (Å²) in [7, 11) is 3.91. The monoisotopic (exact) mass is 358 g/mol. The highest BCUT2D eigenvalue weighted by atomic mass is 16.1. The highest BCUT2D eigenvalue weighted by Gasteiger charge is 2.09. The molecule has 27 heavy (non-hydrogen) atoms. The Bertz CT molecular complexity index is 975. The van der Waals surface area contributed by atoms with Gasteiger partial charge in [0.2, 0.25) is 0 Å². The summed E-state index contributed by atoms with van der Waals surface area (Å²) >= 11 is 0. The third-order valence-corrected chi connectivity index (χ3v) is 3.79. The summed E-state index contributed by atoms with van der Waals surface area (Å²) < 4.78 is 0. The number of hydrogen-bond acceptors (Lipinski definition) is 6. The van der Waals surface area contributed by atoms with Crippen LogP contribution in [0.3, 0.4) is 0 Å². The van der Waals surface area contributed by atoms with Gasteiger partial charge in [0.1, 0.15) is 11.5 Å². The number of nitrogens with one attached hydrogen (secondary N) is 2. The molecule has 134 valence electrons. The molecule has 0 aliphatic carbocycles. The average Bonchev–Trinajstić information content (AvgIpc) is 2.69. The fraction of sp³-hybridized carbons (Fsp3) is 0.100. The molecule has 0 unspecified atom stereocenters. The predicted molar refractivity (Wildman–Crippen MR) is 105 cm³/mol. The van der Waals surface area contributed by atoms with Gasteiger partial charge in [0, 0.05) is 31.2 Å². The van der Waals surface area contributed by atoms with Crippen LogP contribution in [0.2, 0.25) is 0 Å². The van der Waals surface area contributed by atoms with Crippen molar-refractivity contribution in [2.75, 3.05) is 29.6 Å². The molecule has 1 heterocycles. The molecule has 0 aliphatic heterocycles. The van der Waals surface area contributed by atoms with Crippen LogP contribution in [0.5, 0.6) is 0 Å². The van der Waals surface area contributed by atoms with Crippen molar-refractivity contribution >= 4 is 28.8 Å². The fourth-order valence-corrected chi connectivity index (χ4v) is 2.36. The lowest BCUT2D eigenvalue weighted by atomic mass is 10.2. The maximum atomic E-state index is 12.3. The van der Waals surface area contributed by atoms with Crippen molar-refractivity contribution < 1.29 is 4.79 Å². The summed E-state index contributed by atoms with van der Waals surface area (Å²) in [6.07, 6.45) is 2.88. The molecule has 2 N–H and O–H groups in total. The van der Waals surface area contributed by atoms with Crippen molar-refractivity contribution in [2.45, 2.75) is 0 Å². The Morgan fingerprint density at radius 3 is 2.44 bits per heavy atom. The van der Waals surface area contributed by atoms with E-state index < -0.39 is 0 Å². The molecule has 7 nitrogen and oxygen atoms in total. The lowest BCUT2D eigenvalue weighted by molar-refractivity contribution is 0.102. The Balaban J connectivity index is 1.65. The van der Waals surface area contributed by atoms with Crippen molar-refractivity contribution in [3.8, 4) is 6.07 Å². The van der Waals surface area contributed by atoms with Gasteiger partial charge in [-0.05, 0) is 42.5 Å². The van der Waals surface area contributed by atoms with Gasteiger partial charge in [-0.2, -0.15) is 5.26 Å². The Morgan fingerprint density at radius 1 is 1.04 bits per heavy atom. The van der Waals surface area contributed by atoms with Gasteiger partial charge in [-0.15, -0.1) is 0 Å². The van der Waals surface area contributed by atoms with Crippen LogP contribution in [-0.4, -0.2) is 30.0 Å². The number of carbonyl (C=O) groups excluding carboxylic acids is 1. The highest BCUT2D eigenvalue weighted by Crippen LogP contribution is 2.17. The van der Waals surface area contributed by atoms with E-state index >= 15 is 0 Å². The van der Waals surface area contributed by atoms with Crippen molar-refractivity contribution in [3.63, 3.8) is 0 Å². The minimum absolute atomic E-state index is 0.211. The molecular formula is C20H18N6O. The second kappa shape index (κ2) is 7.97. The number of carbonyl (C=O) groups is 1. The molecule has 1 aromatic heterocycles. The first-order chi connectivity index (χ1) is 13.0. The van der Waals surface area contributed by atoms with E-state index in [1.165, 1.54) is 12.4 Å². The van der Waals surface area contributed by atoms with Gasteiger partial charge in [-0.1, -0.05) is 6.07 Å². The number of aromatic nitrogens is 2. The van der Waals surface area contributed by atoms with Crippen molar-refractivity contribution in [3.05, 3.63) is 72.2 Å². The SMILES string of the molecule is CN(C)c1ccc(NC(=O)c2cnc(Nc3cccc(C#N)c3)cn2)cc1. The van der Waals surface area contributed by atoms with Crippen molar-refractivity contribution in [2.24, 2.45) is 0 Å². The summed E-state index contributed by atoms with van der Waals surface area (Å²) in [6, 6.07) is 16.6. The van der Waals surface area contributed by atoms with E-state index in [1.807, 2.05) is 49.3 Å². The minimum Gasteiger partial charge on any atom is -0.378 e. The van der Waals surface area contributed by atoms with Crippen molar-refractivity contribution in [1.82, 2.24) is 9.97 Å². The number of nitrogens with zero attached hydrogens (tertiary/aromatic N) is 4. The van der Waals surface area contributed by atoms with Crippen LogP contribution in [0.4, 0.5) is 22.9 Å². The molecule has 0 aliphatic rings. The Labute approximate surface area is 157 Å². The van der Waals surface area contributed by atoms with E-state index in [1.54, 1.807) is 18.2 Å². The van der Waals surface area contributed by atoms with Crippen LogP contribution in [-0.2, 0) is 0 Å². The van der Waals surface area contributed by atoms with E-state index in [9.17, 15) is 4.79 Å². The van der Waals surface area contributed by atoms with Crippen molar-refractivity contribution in [1.29, 1.82) is 5.26 Å². The average molecular weight is 358 g/mol. The summed E-state index contributed by atoms with van der Waals surface area (Å²) in [4.78, 5) is 22.6. The first-order valence-corrected chi connectivity index (χ1v) is 8.23. The Hall–Kier alpha value is -3.92. The van der Waals surface area contributed by atoms with Gasteiger partial charge in [-0.3, -0.25) is 4.79 Å². The molecule has 2 aromatic carbocycles. The summed E-state index contributed by atoms with van der Waals surface area (Å²) in [5.74, 6) is 0.148. The van der Waals surface area contributed by atoms with Gasteiger partial charge < -0.3 is 15.5 Å². The first-order valence-electron chi connectivity index (χ1n) is 8.23. The minimum atomic E-state index is -0.335. The maximum Gasteiger partial charge on any atom is 0.275 e. The van der Waals surface area contributed by atoms with E-state index in [2.05, 4.69) is 26.7 Å². The Morgan fingerprint density at radius 2 is 1.81 bits per heavy atom. The third kappa shape index (κ3) is 4.58. The van der Waals surface area contributed by atoms with E-state index in [-0.39, 0.29) is 11.6 Å². The van der Waals surface area contributed by atoms with Crippen LogP contribution >= 0.6 is 0 Å². The molecule has 3 aromatic rings. The first kappa shape index (κ1) is 17.9. The maximum absolute atomic E-state index is 12.3. The molecule has 7 heteroatoms. The zero-order valence-corrected chi connectivity index (χ0v) is 15.0. The number of hydrogen-bond donors (Lipinski definition) is 2. The zero-order chi connectivity index (χ0) is 19.2. The van der Waals surface area contributed by atoms with Crippen LogP contribution < -0.4 is 15.5 Å². The smallest absolute Gasteiger partial charge is 0.275 e. The van der Waals surface area contributed by atoms with Gasteiger partial charge in [0.05, 0.1) is 24.0 Å². The molecule has 1 amide bonds. The second-order valence-corrected chi connectivity index (χ2v) is 6.00. The normalized spacial score (nSPS) is 9.96.